The molecule has 0 aromatic carbocycles. The summed E-state index contributed by atoms with van der Waals surface area (Å²) in [7, 11) is 0. The van der Waals surface area contributed by atoms with Gasteiger partial charge in [0.05, 0.1) is 0 Å². The standard InChI is InChI=1S/C19H26N4OS/c1-13-7-17(8-14(2)21-13)9-16-5-4-6-23(11-16)12-18-10-20-19(25-18)22-15(3)24/h7-8,10,16H,4-6,9,11-12H2,1-3H3,(H,20,22,24)/t16-/m1/s1. The molecule has 25 heavy (non-hydrogen) atoms. The Balaban J connectivity index is 1.57. The van der Waals surface area contributed by atoms with Gasteiger partial charge in [0.2, 0.25) is 5.91 Å². The van der Waals surface area contributed by atoms with Crippen LogP contribution in [0.5, 0.6) is 0 Å². The molecule has 3 rings (SSSR count). The molecular formula is C19H26N4OS. The van der Waals surface area contributed by atoms with E-state index in [1.54, 1.807) is 11.3 Å². The molecule has 1 atom stereocenters. The number of piperidine rings is 1. The van der Waals surface area contributed by atoms with E-state index in [-0.39, 0.29) is 5.91 Å². The van der Waals surface area contributed by atoms with Crippen LogP contribution in [0.2, 0.25) is 0 Å². The van der Waals surface area contributed by atoms with Gasteiger partial charge in [-0.2, -0.15) is 0 Å². The quantitative estimate of drug-likeness (QED) is 0.888. The molecule has 0 radical (unpaired) electrons. The Kier molecular flexibility index (Phi) is 5.81. The molecule has 0 unspecified atom stereocenters. The molecule has 0 spiro atoms. The van der Waals surface area contributed by atoms with Gasteiger partial charge in [-0.3, -0.25) is 14.7 Å². The minimum atomic E-state index is -0.0677. The summed E-state index contributed by atoms with van der Waals surface area (Å²) in [6.07, 6.45) is 5.54. The third-order valence-corrected chi connectivity index (χ3v) is 5.38. The van der Waals surface area contributed by atoms with Crippen LogP contribution < -0.4 is 5.32 Å². The summed E-state index contributed by atoms with van der Waals surface area (Å²) in [5, 5.41) is 3.45. The third kappa shape index (κ3) is 5.34. The summed E-state index contributed by atoms with van der Waals surface area (Å²) in [5.41, 5.74) is 3.62. The molecule has 1 saturated heterocycles. The van der Waals surface area contributed by atoms with Crippen LogP contribution in [-0.2, 0) is 17.8 Å². The Morgan fingerprint density at radius 1 is 1.36 bits per heavy atom. The highest BCUT2D eigenvalue weighted by molar-refractivity contribution is 7.15. The number of amides is 1. The molecule has 5 nitrogen and oxygen atoms in total. The van der Waals surface area contributed by atoms with Crippen LogP contribution in [0, 0.1) is 19.8 Å². The van der Waals surface area contributed by atoms with Crippen molar-refractivity contribution in [1.82, 2.24) is 14.9 Å². The van der Waals surface area contributed by atoms with E-state index < -0.39 is 0 Å². The first-order chi connectivity index (χ1) is 12.0. The molecule has 0 saturated carbocycles. The summed E-state index contributed by atoms with van der Waals surface area (Å²) in [6, 6.07) is 4.43. The van der Waals surface area contributed by atoms with Gasteiger partial charge in [-0.25, -0.2) is 4.98 Å². The van der Waals surface area contributed by atoms with Crippen molar-refractivity contribution >= 4 is 22.4 Å². The van der Waals surface area contributed by atoms with Gasteiger partial charge in [-0.15, -0.1) is 11.3 Å². The monoisotopic (exact) mass is 358 g/mol. The van der Waals surface area contributed by atoms with Crippen LogP contribution in [0.25, 0.3) is 0 Å². The van der Waals surface area contributed by atoms with E-state index >= 15 is 0 Å². The van der Waals surface area contributed by atoms with Gasteiger partial charge in [0.15, 0.2) is 5.13 Å². The molecule has 1 amide bonds. The molecular weight excluding hydrogens is 332 g/mol. The Morgan fingerprint density at radius 2 is 2.12 bits per heavy atom. The highest BCUT2D eigenvalue weighted by atomic mass is 32.1. The van der Waals surface area contributed by atoms with Crippen LogP contribution in [0.4, 0.5) is 5.13 Å². The highest BCUT2D eigenvalue weighted by Crippen LogP contribution is 2.25. The predicted octanol–water partition coefficient (Wildman–Crippen LogP) is 3.57. The molecule has 1 N–H and O–H groups in total. The maximum atomic E-state index is 11.1. The van der Waals surface area contributed by atoms with Crippen molar-refractivity contribution in [3.63, 3.8) is 0 Å². The van der Waals surface area contributed by atoms with Crippen molar-refractivity contribution in [2.24, 2.45) is 5.92 Å². The number of rotatable bonds is 5. The van der Waals surface area contributed by atoms with Crippen molar-refractivity contribution in [2.75, 3.05) is 18.4 Å². The number of anilines is 1. The molecule has 1 fully saturated rings. The first kappa shape index (κ1) is 18.0. The minimum Gasteiger partial charge on any atom is -0.302 e. The van der Waals surface area contributed by atoms with Gasteiger partial charge in [-0.05, 0) is 63.3 Å². The SMILES string of the molecule is CC(=O)Nc1ncc(CN2CCC[C@H](Cc3cc(C)nc(C)c3)C2)s1. The topological polar surface area (TPSA) is 58.1 Å². The molecule has 2 aromatic rings. The van der Waals surface area contributed by atoms with E-state index in [2.05, 4.69) is 46.2 Å². The van der Waals surface area contributed by atoms with E-state index in [1.807, 2.05) is 6.20 Å². The largest absolute Gasteiger partial charge is 0.302 e. The smallest absolute Gasteiger partial charge is 0.223 e. The number of nitrogens with zero attached hydrogens (tertiary/aromatic N) is 3. The van der Waals surface area contributed by atoms with E-state index in [0.717, 1.165) is 37.4 Å². The van der Waals surface area contributed by atoms with Crippen LogP contribution in [0.1, 0.15) is 41.6 Å². The summed E-state index contributed by atoms with van der Waals surface area (Å²) in [6.45, 7) is 8.83. The van der Waals surface area contributed by atoms with Crippen LogP contribution in [-0.4, -0.2) is 33.9 Å². The first-order valence-electron chi connectivity index (χ1n) is 8.87. The number of hydrogen-bond donors (Lipinski definition) is 1. The lowest BCUT2D eigenvalue weighted by Gasteiger charge is -2.32. The second kappa shape index (κ2) is 8.06. The van der Waals surface area contributed by atoms with Crippen LogP contribution >= 0.6 is 11.3 Å². The molecule has 0 bridgehead atoms. The maximum absolute atomic E-state index is 11.1. The van der Waals surface area contributed by atoms with Gasteiger partial charge in [0.1, 0.15) is 0 Å². The van der Waals surface area contributed by atoms with Gasteiger partial charge in [0, 0.05) is 42.5 Å². The van der Waals surface area contributed by atoms with Crippen LogP contribution in [0.3, 0.4) is 0 Å². The molecule has 1 aliphatic heterocycles. The fraction of sp³-hybridized carbons (Fsp3) is 0.526. The number of carbonyl (C=O) groups is 1. The lowest BCUT2D eigenvalue weighted by atomic mass is 9.91. The van der Waals surface area contributed by atoms with Crippen molar-refractivity contribution < 1.29 is 4.79 Å². The number of aryl methyl sites for hydroxylation is 2. The fourth-order valence-corrected chi connectivity index (χ4v) is 4.54. The number of likely N-dealkylation sites (tertiary alicyclic amines) is 1. The average Bonchev–Trinajstić information content (AvgIpc) is 2.92. The van der Waals surface area contributed by atoms with E-state index in [4.69, 9.17) is 0 Å². The van der Waals surface area contributed by atoms with E-state index in [1.165, 1.54) is 30.2 Å². The maximum Gasteiger partial charge on any atom is 0.223 e. The number of carbonyl (C=O) groups excluding carboxylic acids is 1. The Bertz CT molecular complexity index is 723. The number of thiazole rings is 1. The van der Waals surface area contributed by atoms with Crippen molar-refractivity contribution in [1.29, 1.82) is 0 Å². The number of hydrogen-bond acceptors (Lipinski definition) is 5. The molecule has 3 heterocycles. The Morgan fingerprint density at radius 3 is 2.84 bits per heavy atom. The van der Waals surface area contributed by atoms with Gasteiger partial charge in [-0.1, -0.05) is 0 Å². The zero-order valence-electron chi connectivity index (χ0n) is 15.2. The summed E-state index contributed by atoms with van der Waals surface area (Å²) < 4.78 is 0. The number of aromatic nitrogens is 2. The normalized spacial score (nSPS) is 18.3. The predicted molar refractivity (Wildman–Crippen MR) is 102 cm³/mol. The van der Waals surface area contributed by atoms with E-state index in [0.29, 0.717) is 11.0 Å². The van der Waals surface area contributed by atoms with Gasteiger partial charge >= 0.3 is 0 Å². The first-order valence-corrected chi connectivity index (χ1v) is 9.68. The summed E-state index contributed by atoms with van der Waals surface area (Å²) in [4.78, 5) is 23.6. The van der Waals surface area contributed by atoms with Crippen molar-refractivity contribution in [3.05, 3.63) is 40.2 Å². The molecule has 0 aliphatic carbocycles. The average molecular weight is 359 g/mol. The number of nitrogens with one attached hydrogen (secondary N) is 1. The molecule has 134 valence electrons. The second-order valence-corrected chi connectivity index (χ2v) is 8.13. The summed E-state index contributed by atoms with van der Waals surface area (Å²) >= 11 is 1.57. The molecule has 1 aliphatic rings. The Hall–Kier alpha value is -1.79. The zero-order chi connectivity index (χ0) is 17.8. The van der Waals surface area contributed by atoms with Gasteiger partial charge in [0.25, 0.3) is 0 Å². The summed E-state index contributed by atoms with van der Waals surface area (Å²) in [5.74, 6) is 0.625. The molecule has 6 heteroatoms. The highest BCUT2D eigenvalue weighted by Gasteiger charge is 2.21. The van der Waals surface area contributed by atoms with E-state index in [9.17, 15) is 4.79 Å². The lowest BCUT2D eigenvalue weighted by molar-refractivity contribution is -0.114. The molecule has 2 aromatic heterocycles. The minimum absolute atomic E-state index is 0.0677. The lowest BCUT2D eigenvalue weighted by Crippen LogP contribution is -2.35. The zero-order valence-corrected chi connectivity index (χ0v) is 16.0. The third-order valence-electron chi connectivity index (χ3n) is 4.48. The second-order valence-electron chi connectivity index (χ2n) is 7.02. The number of pyridine rings is 1. The van der Waals surface area contributed by atoms with Crippen molar-refractivity contribution in [3.8, 4) is 0 Å². The Labute approximate surface area is 153 Å². The van der Waals surface area contributed by atoms with Crippen LogP contribution in [0.15, 0.2) is 18.3 Å². The van der Waals surface area contributed by atoms with Gasteiger partial charge < -0.3 is 5.32 Å². The fourth-order valence-electron chi connectivity index (χ4n) is 3.64. The van der Waals surface area contributed by atoms with Crippen molar-refractivity contribution in [2.45, 2.75) is 46.6 Å².